The average molecular weight is 369 g/mol. The number of rotatable bonds is 6. The molecule has 0 unspecified atom stereocenters. The Bertz CT molecular complexity index is 912. The Morgan fingerprint density at radius 2 is 2.26 bits per heavy atom. The number of carbonyl (C=O) groups is 1. The van der Waals surface area contributed by atoms with E-state index in [1.165, 1.54) is 0 Å². The Morgan fingerprint density at radius 1 is 1.37 bits per heavy atom. The van der Waals surface area contributed by atoms with Gasteiger partial charge in [-0.1, -0.05) is 5.16 Å². The lowest BCUT2D eigenvalue weighted by Gasteiger charge is -2.17. The summed E-state index contributed by atoms with van der Waals surface area (Å²) in [6.07, 6.45) is 4.25. The van der Waals surface area contributed by atoms with Gasteiger partial charge in [-0.25, -0.2) is 0 Å². The molecule has 3 aromatic rings. The van der Waals surface area contributed by atoms with Gasteiger partial charge >= 0.3 is 0 Å². The van der Waals surface area contributed by atoms with Gasteiger partial charge < -0.3 is 13.8 Å². The first-order valence-corrected chi connectivity index (χ1v) is 9.27. The number of carbonyl (C=O) groups excluding carboxylic acids is 1. The molecule has 0 bridgehead atoms. The van der Waals surface area contributed by atoms with Gasteiger partial charge in [0, 0.05) is 31.6 Å². The van der Waals surface area contributed by atoms with Gasteiger partial charge in [0.25, 0.3) is 0 Å². The van der Waals surface area contributed by atoms with Crippen LogP contribution in [0.25, 0.3) is 11.6 Å². The maximum absolute atomic E-state index is 12.5. The Hall–Kier alpha value is -2.90. The van der Waals surface area contributed by atoms with Crippen LogP contribution >= 0.6 is 0 Å². The molecule has 0 N–H and O–H groups in total. The summed E-state index contributed by atoms with van der Waals surface area (Å²) < 4.78 is 12.5. The van der Waals surface area contributed by atoms with Gasteiger partial charge in [-0.15, -0.1) is 0 Å². The van der Waals surface area contributed by atoms with Crippen molar-refractivity contribution < 1.29 is 13.7 Å². The van der Waals surface area contributed by atoms with Crippen molar-refractivity contribution >= 4 is 5.91 Å². The fourth-order valence-electron chi connectivity index (χ4n) is 3.59. The highest BCUT2D eigenvalue weighted by Crippen LogP contribution is 2.24. The van der Waals surface area contributed by atoms with E-state index >= 15 is 0 Å². The first-order chi connectivity index (χ1) is 13.1. The third-order valence-corrected chi connectivity index (χ3v) is 4.90. The van der Waals surface area contributed by atoms with Crippen LogP contribution in [-0.2, 0) is 11.2 Å². The number of hydrogen-bond acceptors (Lipinski definition) is 6. The zero-order valence-electron chi connectivity index (χ0n) is 15.6. The maximum atomic E-state index is 12.5. The van der Waals surface area contributed by atoms with Crippen LogP contribution in [0.3, 0.4) is 0 Å². The molecule has 4 rings (SSSR count). The fourth-order valence-corrected chi connectivity index (χ4v) is 3.59. The van der Waals surface area contributed by atoms with Gasteiger partial charge in [-0.05, 0) is 44.9 Å². The predicted molar refractivity (Wildman–Crippen MR) is 96.9 cm³/mol. The molecular weight excluding hydrogens is 346 g/mol. The van der Waals surface area contributed by atoms with Gasteiger partial charge in [0.2, 0.25) is 17.6 Å². The first-order valence-electron chi connectivity index (χ1n) is 9.27. The van der Waals surface area contributed by atoms with Gasteiger partial charge in [0.15, 0.2) is 5.76 Å². The molecule has 8 heteroatoms. The highest BCUT2D eigenvalue weighted by Gasteiger charge is 2.28. The van der Waals surface area contributed by atoms with E-state index in [-0.39, 0.29) is 11.9 Å². The van der Waals surface area contributed by atoms with Crippen molar-refractivity contribution in [1.82, 2.24) is 24.8 Å². The van der Waals surface area contributed by atoms with Crippen molar-refractivity contribution in [2.45, 2.75) is 45.6 Å². The average Bonchev–Trinajstić information content (AvgIpc) is 3.42. The molecule has 8 nitrogen and oxygen atoms in total. The number of likely N-dealkylation sites (tertiary alicyclic amines) is 1. The number of aryl methyl sites for hydroxylation is 3. The Labute approximate surface area is 157 Å². The quantitative estimate of drug-likeness (QED) is 0.663. The number of nitrogens with zero attached hydrogens (tertiary/aromatic N) is 5. The van der Waals surface area contributed by atoms with Crippen LogP contribution in [0.5, 0.6) is 0 Å². The lowest BCUT2D eigenvalue weighted by molar-refractivity contribution is -0.130. The van der Waals surface area contributed by atoms with E-state index in [9.17, 15) is 4.79 Å². The van der Waals surface area contributed by atoms with E-state index in [1.54, 1.807) is 18.4 Å². The Kier molecular flexibility index (Phi) is 4.79. The molecule has 3 aromatic heterocycles. The predicted octanol–water partition coefficient (Wildman–Crippen LogP) is 2.94. The third-order valence-electron chi connectivity index (χ3n) is 4.90. The number of hydrogen-bond donors (Lipinski definition) is 0. The summed E-state index contributed by atoms with van der Waals surface area (Å²) in [5, 5.41) is 8.46. The standard InChI is InChI=1S/C19H23N5O3/c1-13-11-14(2)24(21-13)15-8-9-23(12-15)18(25)7-3-6-17-20-19(22-27-17)16-5-4-10-26-16/h4-5,10-11,15H,3,6-9,12H2,1-2H3/t15-/m0/s1. The molecular formula is C19H23N5O3. The molecule has 142 valence electrons. The fraction of sp³-hybridized carbons (Fsp3) is 0.474. The van der Waals surface area contributed by atoms with E-state index in [2.05, 4.69) is 32.9 Å². The van der Waals surface area contributed by atoms with Crippen molar-refractivity contribution in [3.8, 4) is 11.6 Å². The summed E-state index contributed by atoms with van der Waals surface area (Å²) in [5.41, 5.74) is 2.17. The molecule has 27 heavy (non-hydrogen) atoms. The highest BCUT2D eigenvalue weighted by molar-refractivity contribution is 5.76. The molecule has 0 aliphatic carbocycles. The van der Waals surface area contributed by atoms with Crippen LogP contribution in [0, 0.1) is 13.8 Å². The van der Waals surface area contributed by atoms with Crippen molar-refractivity contribution in [3.63, 3.8) is 0 Å². The second kappa shape index (κ2) is 7.38. The Balaban J connectivity index is 1.26. The van der Waals surface area contributed by atoms with Crippen LogP contribution in [-0.4, -0.2) is 43.8 Å². The minimum Gasteiger partial charge on any atom is -0.461 e. The normalized spacial score (nSPS) is 17.0. The van der Waals surface area contributed by atoms with Gasteiger partial charge in [0.1, 0.15) is 0 Å². The topological polar surface area (TPSA) is 90.2 Å². The Morgan fingerprint density at radius 3 is 3.00 bits per heavy atom. The monoisotopic (exact) mass is 369 g/mol. The lowest BCUT2D eigenvalue weighted by atomic mass is 10.2. The second-order valence-electron chi connectivity index (χ2n) is 7.00. The van der Waals surface area contributed by atoms with Gasteiger partial charge in [0.05, 0.1) is 18.0 Å². The van der Waals surface area contributed by atoms with Crippen molar-refractivity contribution in [2.24, 2.45) is 0 Å². The molecule has 1 saturated heterocycles. The molecule has 1 fully saturated rings. The summed E-state index contributed by atoms with van der Waals surface area (Å²) in [5.74, 6) is 1.71. The molecule has 1 atom stereocenters. The zero-order chi connectivity index (χ0) is 18.8. The third kappa shape index (κ3) is 3.79. The molecule has 4 heterocycles. The van der Waals surface area contributed by atoms with Crippen LogP contribution < -0.4 is 0 Å². The van der Waals surface area contributed by atoms with E-state index < -0.39 is 0 Å². The second-order valence-corrected chi connectivity index (χ2v) is 7.00. The van der Waals surface area contributed by atoms with E-state index in [0.29, 0.717) is 36.7 Å². The summed E-state index contributed by atoms with van der Waals surface area (Å²) >= 11 is 0. The van der Waals surface area contributed by atoms with E-state index in [4.69, 9.17) is 8.94 Å². The number of amides is 1. The molecule has 0 radical (unpaired) electrons. The van der Waals surface area contributed by atoms with Crippen LogP contribution in [0.1, 0.15) is 42.6 Å². The molecule has 0 spiro atoms. The summed E-state index contributed by atoms with van der Waals surface area (Å²) in [6, 6.07) is 5.91. The summed E-state index contributed by atoms with van der Waals surface area (Å²) in [6.45, 7) is 5.57. The van der Waals surface area contributed by atoms with Crippen molar-refractivity contribution in [1.29, 1.82) is 0 Å². The van der Waals surface area contributed by atoms with Crippen molar-refractivity contribution in [2.75, 3.05) is 13.1 Å². The number of aromatic nitrogens is 4. The molecule has 1 aliphatic heterocycles. The summed E-state index contributed by atoms with van der Waals surface area (Å²) in [4.78, 5) is 18.7. The SMILES string of the molecule is Cc1cc(C)n([C@H]2CCN(C(=O)CCCc3nc(-c4ccco4)no3)C2)n1. The largest absolute Gasteiger partial charge is 0.461 e. The molecule has 0 aromatic carbocycles. The maximum Gasteiger partial charge on any atom is 0.238 e. The lowest BCUT2D eigenvalue weighted by Crippen LogP contribution is -2.29. The summed E-state index contributed by atoms with van der Waals surface area (Å²) in [7, 11) is 0. The van der Waals surface area contributed by atoms with Crippen LogP contribution in [0.2, 0.25) is 0 Å². The zero-order valence-corrected chi connectivity index (χ0v) is 15.6. The first kappa shape index (κ1) is 17.5. The smallest absolute Gasteiger partial charge is 0.238 e. The number of furan rings is 1. The van der Waals surface area contributed by atoms with Crippen molar-refractivity contribution in [3.05, 3.63) is 41.7 Å². The van der Waals surface area contributed by atoms with E-state index in [1.807, 2.05) is 11.8 Å². The van der Waals surface area contributed by atoms with Gasteiger partial charge in [-0.3, -0.25) is 9.48 Å². The van der Waals surface area contributed by atoms with Crippen LogP contribution in [0.4, 0.5) is 0 Å². The van der Waals surface area contributed by atoms with Gasteiger partial charge in [-0.2, -0.15) is 10.1 Å². The molecule has 1 aliphatic rings. The molecule has 0 saturated carbocycles. The minimum absolute atomic E-state index is 0.171. The minimum atomic E-state index is 0.171. The highest BCUT2D eigenvalue weighted by atomic mass is 16.5. The van der Waals surface area contributed by atoms with E-state index in [0.717, 1.165) is 30.9 Å². The van der Waals surface area contributed by atoms with Crippen LogP contribution in [0.15, 0.2) is 33.4 Å². The molecule has 1 amide bonds.